The second kappa shape index (κ2) is 5.78. The van der Waals surface area contributed by atoms with E-state index in [1.807, 2.05) is 20.9 Å². The molecule has 3 heteroatoms. The summed E-state index contributed by atoms with van der Waals surface area (Å²) in [6, 6.07) is 0.0668. The minimum Gasteiger partial charge on any atom is -0.377 e. The van der Waals surface area contributed by atoms with Crippen molar-refractivity contribution in [3.8, 4) is 0 Å². The molecule has 1 fully saturated rings. The highest BCUT2D eigenvalue weighted by Crippen LogP contribution is 2.22. The largest absolute Gasteiger partial charge is 0.377 e. The van der Waals surface area contributed by atoms with Gasteiger partial charge in [0.25, 0.3) is 0 Å². The third-order valence-corrected chi connectivity index (χ3v) is 3.07. The Kier molecular flexibility index (Phi) is 4.93. The fraction of sp³-hybridized carbons (Fsp3) is 0.923. The fourth-order valence-electron chi connectivity index (χ4n) is 2.12. The molecule has 0 aromatic rings. The van der Waals surface area contributed by atoms with Crippen molar-refractivity contribution in [2.75, 3.05) is 20.2 Å². The summed E-state index contributed by atoms with van der Waals surface area (Å²) in [5.41, 5.74) is 0. The number of likely N-dealkylation sites (N-methyl/N-ethyl adjacent to an activating group) is 1. The van der Waals surface area contributed by atoms with Crippen molar-refractivity contribution in [2.45, 2.75) is 46.3 Å². The molecule has 1 aliphatic rings. The molecule has 1 saturated heterocycles. The molecule has 1 aliphatic heterocycles. The molecule has 16 heavy (non-hydrogen) atoms. The van der Waals surface area contributed by atoms with E-state index in [9.17, 15) is 4.79 Å². The first-order chi connectivity index (χ1) is 7.41. The molecule has 0 aromatic carbocycles. The molecule has 2 unspecified atom stereocenters. The number of carbonyl (C=O) groups is 1. The average Bonchev–Trinajstić information content (AvgIpc) is 2.55. The summed E-state index contributed by atoms with van der Waals surface area (Å²) in [5.74, 6) is 1.03. The number of hydrogen-bond acceptors (Lipinski definition) is 3. The quantitative estimate of drug-likeness (QED) is 0.719. The van der Waals surface area contributed by atoms with Gasteiger partial charge in [0.2, 0.25) is 0 Å². The molecule has 0 radical (unpaired) electrons. The van der Waals surface area contributed by atoms with Crippen LogP contribution in [0.1, 0.15) is 34.1 Å². The highest BCUT2D eigenvalue weighted by molar-refractivity contribution is 5.86. The van der Waals surface area contributed by atoms with Crippen LogP contribution >= 0.6 is 0 Å². The van der Waals surface area contributed by atoms with Gasteiger partial charge in [-0.1, -0.05) is 27.7 Å². The van der Waals surface area contributed by atoms with Crippen molar-refractivity contribution in [2.24, 2.45) is 11.8 Å². The minimum atomic E-state index is 0.0668. The summed E-state index contributed by atoms with van der Waals surface area (Å²) >= 11 is 0. The van der Waals surface area contributed by atoms with E-state index in [-0.39, 0.29) is 18.1 Å². The van der Waals surface area contributed by atoms with E-state index in [0.717, 1.165) is 19.6 Å². The van der Waals surface area contributed by atoms with E-state index >= 15 is 0 Å². The van der Waals surface area contributed by atoms with E-state index < -0.39 is 0 Å². The molecule has 1 rings (SSSR count). The molecular formula is C13H25NO2. The second-order valence-corrected chi connectivity index (χ2v) is 5.60. The minimum absolute atomic E-state index is 0.0668. The van der Waals surface area contributed by atoms with E-state index in [1.54, 1.807) is 0 Å². The molecule has 94 valence electrons. The van der Waals surface area contributed by atoms with E-state index in [2.05, 4.69) is 18.7 Å². The van der Waals surface area contributed by atoms with Crippen LogP contribution in [0.5, 0.6) is 0 Å². The van der Waals surface area contributed by atoms with Crippen LogP contribution < -0.4 is 0 Å². The standard InChI is InChI=1S/C13H25NO2/c1-9(2)8-16-11-6-12(14(5)7-11)13(15)10(3)4/h9-12H,6-8H2,1-5H3. The van der Waals surface area contributed by atoms with Crippen LogP contribution in [0, 0.1) is 11.8 Å². The lowest BCUT2D eigenvalue weighted by Crippen LogP contribution is -2.35. The molecule has 2 atom stereocenters. The van der Waals surface area contributed by atoms with Crippen LogP contribution in [-0.4, -0.2) is 43.0 Å². The maximum Gasteiger partial charge on any atom is 0.152 e. The summed E-state index contributed by atoms with van der Waals surface area (Å²) in [5, 5.41) is 0. The Balaban J connectivity index is 2.44. The van der Waals surface area contributed by atoms with Gasteiger partial charge >= 0.3 is 0 Å². The van der Waals surface area contributed by atoms with Gasteiger partial charge in [0.15, 0.2) is 5.78 Å². The van der Waals surface area contributed by atoms with Crippen LogP contribution in [0.25, 0.3) is 0 Å². The molecule has 0 aliphatic carbocycles. The molecule has 0 saturated carbocycles. The van der Waals surface area contributed by atoms with Crippen LogP contribution in [0.2, 0.25) is 0 Å². The molecule has 3 nitrogen and oxygen atoms in total. The second-order valence-electron chi connectivity index (χ2n) is 5.60. The van der Waals surface area contributed by atoms with Crippen molar-refractivity contribution in [1.29, 1.82) is 0 Å². The highest BCUT2D eigenvalue weighted by Gasteiger charge is 2.35. The molecular weight excluding hydrogens is 202 g/mol. The third-order valence-electron chi connectivity index (χ3n) is 3.07. The maximum atomic E-state index is 11.9. The Labute approximate surface area is 99.1 Å². The van der Waals surface area contributed by atoms with Crippen molar-refractivity contribution in [3.63, 3.8) is 0 Å². The van der Waals surface area contributed by atoms with Crippen molar-refractivity contribution in [3.05, 3.63) is 0 Å². The zero-order valence-corrected chi connectivity index (χ0v) is 11.2. The van der Waals surface area contributed by atoms with Gasteiger partial charge in [-0.2, -0.15) is 0 Å². The average molecular weight is 227 g/mol. The topological polar surface area (TPSA) is 29.5 Å². The van der Waals surface area contributed by atoms with E-state index in [1.165, 1.54) is 0 Å². The van der Waals surface area contributed by atoms with Gasteiger partial charge in [0.05, 0.1) is 12.1 Å². The Morgan fingerprint density at radius 3 is 2.50 bits per heavy atom. The summed E-state index contributed by atoms with van der Waals surface area (Å²) in [6.07, 6.45) is 1.10. The van der Waals surface area contributed by atoms with Crippen molar-refractivity contribution < 1.29 is 9.53 Å². The predicted molar refractivity (Wildman–Crippen MR) is 65.5 cm³/mol. The lowest BCUT2D eigenvalue weighted by atomic mass is 10.00. The highest BCUT2D eigenvalue weighted by atomic mass is 16.5. The first kappa shape index (κ1) is 13.7. The molecule has 1 heterocycles. The van der Waals surface area contributed by atoms with Crippen molar-refractivity contribution in [1.82, 2.24) is 4.90 Å². The first-order valence-electron chi connectivity index (χ1n) is 6.27. The number of carbonyl (C=O) groups excluding carboxylic acids is 1. The number of likely N-dealkylation sites (tertiary alicyclic amines) is 1. The number of nitrogens with zero attached hydrogens (tertiary/aromatic N) is 1. The number of hydrogen-bond donors (Lipinski definition) is 0. The van der Waals surface area contributed by atoms with Crippen LogP contribution in [-0.2, 0) is 9.53 Å². The van der Waals surface area contributed by atoms with Gasteiger partial charge in [-0.05, 0) is 19.4 Å². The number of Topliss-reactive ketones (excluding diaryl/α,β-unsaturated/α-hetero) is 1. The monoisotopic (exact) mass is 227 g/mol. The summed E-state index contributed by atoms with van der Waals surface area (Å²) in [4.78, 5) is 14.1. The Morgan fingerprint density at radius 1 is 1.38 bits per heavy atom. The lowest BCUT2D eigenvalue weighted by Gasteiger charge is -2.19. The van der Waals surface area contributed by atoms with E-state index in [4.69, 9.17) is 4.74 Å². The van der Waals surface area contributed by atoms with Gasteiger partial charge in [-0.25, -0.2) is 0 Å². The first-order valence-corrected chi connectivity index (χ1v) is 6.27. The fourth-order valence-corrected chi connectivity index (χ4v) is 2.12. The molecule has 0 aromatic heterocycles. The molecule has 0 N–H and O–H groups in total. The van der Waals surface area contributed by atoms with Gasteiger partial charge in [0.1, 0.15) is 0 Å². The third kappa shape index (κ3) is 3.56. The smallest absolute Gasteiger partial charge is 0.152 e. The normalized spacial score (nSPS) is 26.9. The van der Waals surface area contributed by atoms with Gasteiger partial charge in [-0.3, -0.25) is 9.69 Å². The van der Waals surface area contributed by atoms with Crippen LogP contribution in [0.3, 0.4) is 0 Å². The van der Waals surface area contributed by atoms with Crippen LogP contribution in [0.15, 0.2) is 0 Å². The van der Waals surface area contributed by atoms with E-state index in [0.29, 0.717) is 11.7 Å². The Morgan fingerprint density at radius 2 is 2.00 bits per heavy atom. The molecule has 0 spiro atoms. The van der Waals surface area contributed by atoms with Crippen LogP contribution in [0.4, 0.5) is 0 Å². The zero-order valence-electron chi connectivity index (χ0n) is 11.2. The zero-order chi connectivity index (χ0) is 12.3. The summed E-state index contributed by atoms with van der Waals surface area (Å²) < 4.78 is 5.80. The van der Waals surface area contributed by atoms with Gasteiger partial charge in [-0.15, -0.1) is 0 Å². The molecule has 0 bridgehead atoms. The summed E-state index contributed by atoms with van der Waals surface area (Å²) in [7, 11) is 2.02. The Hall–Kier alpha value is -0.410. The number of ketones is 1. The Bertz CT molecular complexity index is 238. The van der Waals surface area contributed by atoms with Crippen molar-refractivity contribution >= 4 is 5.78 Å². The number of rotatable bonds is 5. The number of ether oxygens (including phenoxy) is 1. The summed E-state index contributed by atoms with van der Waals surface area (Å²) in [6.45, 7) is 9.92. The van der Waals surface area contributed by atoms with Gasteiger partial charge < -0.3 is 4.74 Å². The SMILES string of the molecule is CC(C)COC1CC(C(=O)C(C)C)N(C)C1. The predicted octanol–water partition coefficient (Wildman–Crippen LogP) is 1.96. The van der Waals surface area contributed by atoms with Gasteiger partial charge in [0, 0.05) is 19.1 Å². The molecule has 0 amide bonds. The maximum absolute atomic E-state index is 11.9. The lowest BCUT2D eigenvalue weighted by molar-refractivity contribution is -0.125.